The first-order chi connectivity index (χ1) is 11.5. The van der Waals surface area contributed by atoms with Gasteiger partial charge in [-0.2, -0.15) is 0 Å². The molecule has 0 atom stereocenters. The van der Waals surface area contributed by atoms with Gasteiger partial charge in [0.2, 0.25) is 0 Å². The van der Waals surface area contributed by atoms with Crippen LogP contribution in [0.25, 0.3) is 11.4 Å². The molecule has 3 aromatic heterocycles. The lowest BCUT2D eigenvalue weighted by atomic mass is 10.0. The predicted molar refractivity (Wildman–Crippen MR) is 94.8 cm³/mol. The van der Waals surface area contributed by atoms with Gasteiger partial charge in [0.15, 0.2) is 10.9 Å². The molecule has 7 heteroatoms. The van der Waals surface area contributed by atoms with Crippen molar-refractivity contribution in [3.05, 3.63) is 46.2 Å². The molecule has 3 rings (SSSR count). The van der Waals surface area contributed by atoms with Crippen molar-refractivity contribution < 1.29 is 9.59 Å². The number of aromatic nitrogens is 3. The number of H-pyrrole nitrogens is 2. The fourth-order valence-corrected chi connectivity index (χ4v) is 3.51. The summed E-state index contributed by atoms with van der Waals surface area (Å²) in [6.07, 6.45) is 2.43. The van der Waals surface area contributed by atoms with Crippen LogP contribution < -0.4 is 5.32 Å². The third kappa shape index (κ3) is 2.90. The van der Waals surface area contributed by atoms with E-state index in [1.54, 1.807) is 6.92 Å². The monoisotopic (exact) mass is 342 g/mol. The minimum Gasteiger partial charge on any atom is -0.360 e. The van der Waals surface area contributed by atoms with Gasteiger partial charge in [-0.15, -0.1) is 11.3 Å². The number of Topliss-reactive ketones (excluding diaryl/α,β-unsaturated/α-hetero) is 1. The number of aromatic amines is 2. The van der Waals surface area contributed by atoms with Crippen LogP contribution in [0.5, 0.6) is 0 Å². The third-order valence-electron chi connectivity index (χ3n) is 3.82. The number of carbonyl (C=O) groups is 2. The van der Waals surface area contributed by atoms with E-state index in [1.165, 1.54) is 18.3 Å². The van der Waals surface area contributed by atoms with E-state index in [9.17, 15) is 9.59 Å². The van der Waals surface area contributed by atoms with Gasteiger partial charge in [0.25, 0.3) is 5.91 Å². The van der Waals surface area contributed by atoms with Crippen LogP contribution in [-0.4, -0.2) is 26.6 Å². The van der Waals surface area contributed by atoms with E-state index in [2.05, 4.69) is 20.3 Å². The van der Waals surface area contributed by atoms with E-state index in [4.69, 9.17) is 0 Å². The van der Waals surface area contributed by atoms with Gasteiger partial charge in [-0.05, 0) is 38.0 Å². The molecular formula is C17H18N4O2S. The number of nitrogens with zero attached hydrogens (tertiary/aromatic N) is 1. The minimum absolute atomic E-state index is 0.0390. The number of carbonyl (C=O) groups excluding carboxylic acids is 2. The first-order valence-corrected chi connectivity index (χ1v) is 8.52. The summed E-state index contributed by atoms with van der Waals surface area (Å²) in [5, 5.41) is 5.20. The molecule has 0 unspecified atom stereocenters. The molecule has 0 aliphatic heterocycles. The Hall–Kier alpha value is -2.67. The lowest BCUT2D eigenvalue weighted by Crippen LogP contribution is -2.14. The summed E-state index contributed by atoms with van der Waals surface area (Å²) < 4.78 is 0. The van der Waals surface area contributed by atoms with E-state index in [-0.39, 0.29) is 11.7 Å². The molecule has 0 saturated carbocycles. The number of hydrogen-bond acceptors (Lipinski definition) is 4. The summed E-state index contributed by atoms with van der Waals surface area (Å²) in [6, 6.07) is 3.81. The standard InChI is InChI=1S/C17H18N4O2S/c1-4-11-14(10(3)22)9(2)19-15(11)16(23)21-17-20-13(8-24-17)12-6-5-7-18-12/h5-8,18-19H,4H2,1-3H3,(H,20,21,23). The van der Waals surface area contributed by atoms with E-state index < -0.39 is 0 Å². The van der Waals surface area contributed by atoms with Gasteiger partial charge in [0, 0.05) is 22.8 Å². The smallest absolute Gasteiger partial charge is 0.274 e. The zero-order chi connectivity index (χ0) is 17.3. The van der Waals surface area contributed by atoms with Gasteiger partial charge in [0.1, 0.15) is 5.69 Å². The molecule has 0 fully saturated rings. The van der Waals surface area contributed by atoms with Gasteiger partial charge in [-0.3, -0.25) is 14.9 Å². The van der Waals surface area contributed by atoms with Crippen molar-refractivity contribution in [2.45, 2.75) is 27.2 Å². The van der Waals surface area contributed by atoms with Crippen molar-refractivity contribution >= 4 is 28.2 Å². The molecule has 0 radical (unpaired) electrons. The van der Waals surface area contributed by atoms with Crippen molar-refractivity contribution in [2.75, 3.05) is 5.32 Å². The van der Waals surface area contributed by atoms with Gasteiger partial charge in [0.05, 0.1) is 11.4 Å². The summed E-state index contributed by atoms with van der Waals surface area (Å²) in [5.41, 5.74) is 4.18. The van der Waals surface area contributed by atoms with Crippen LogP contribution in [0.2, 0.25) is 0 Å². The number of hydrogen-bond donors (Lipinski definition) is 3. The maximum atomic E-state index is 12.6. The highest BCUT2D eigenvalue weighted by Crippen LogP contribution is 2.25. The van der Waals surface area contributed by atoms with Gasteiger partial charge in [-0.25, -0.2) is 4.98 Å². The number of rotatable bonds is 5. The third-order valence-corrected chi connectivity index (χ3v) is 4.58. The molecule has 0 aliphatic carbocycles. The van der Waals surface area contributed by atoms with Crippen molar-refractivity contribution in [3.63, 3.8) is 0 Å². The number of aryl methyl sites for hydroxylation is 1. The Kier molecular flexibility index (Phi) is 4.35. The molecule has 124 valence electrons. The Morgan fingerprint density at radius 3 is 2.79 bits per heavy atom. The second kappa shape index (κ2) is 6.45. The van der Waals surface area contributed by atoms with Gasteiger partial charge < -0.3 is 9.97 Å². The van der Waals surface area contributed by atoms with Crippen LogP contribution >= 0.6 is 11.3 Å². The van der Waals surface area contributed by atoms with Crippen molar-refractivity contribution in [1.82, 2.24) is 15.0 Å². The second-order valence-electron chi connectivity index (χ2n) is 5.46. The van der Waals surface area contributed by atoms with Crippen LogP contribution in [0.15, 0.2) is 23.7 Å². The lowest BCUT2D eigenvalue weighted by Gasteiger charge is -2.03. The average molecular weight is 342 g/mol. The minimum atomic E-state index is -0.283. The molecule has 0 spiro atoms. The van der Waals surface area contributed by atoms with Crippen molar-refractivity contribution in [3.8, 4) is 11.4 Å². The van der Waals surface area contributed by atoms with E-state index in [0.717, 1.165) is 22.6 Å². The van der Waals surface area contributed by atoms with Crippen LogP contribution in [-0.2, 0) is 6.42 Å². The molecule has 24 heavy (non-hydrogen) atoms. The molecule has 1 amide bonds. The maximum absolute atomic E-state index is 12.6. The Morgan fingerprint density at radius 2 is 2.17 bits per heavy atom. The average Bonchev–Trinajstić information content (AvgIpc) is 3.24. The highest BCUT2D eigenvalue weighted by molar-refractivity contribution is 7.14. The highest BCUT2D eigenvalue weighted by atomic mass is 32.1. The number of amides is 1. The van der Waals surface area contributed by atoms with E-state index in [1.807, 2.05) is 30.6 Å². The molecule has 0 aromatic carbocycles. The van der Waals surface area contributed by atoms with Gasteiger partial charge in [-0.1, -0.05) is 6.92 Å². The van der Waals surface area contributed by atoms with Crippen LogP contribution in [0.3, 0.4) is 0 Å². The summed E-state index contributed by atoms with van der Waals surface area (Å²) in [7, 11) is 0. The number of ketones is 1. The first-order valence-electron chi connectivity index (χ1n) is 7.64. The van der Waals surface area contributed by atoms with E-state index >= 15 is 0 Å². The van der Waals surface area contributed by atoms with E-state index in [0.29, 0.717) is 22.8 Å². The van der Waals surface area contributed by atoms with Crippen molar-refractivity contribution in [1.29, 1.82) is 0 Å². The largest absolute Gasteiger partial charge is 0.360 e. The summed E-state index contributed by atoms with van der Waals surface area (Å²) in [4.78, 5) is 34.9. The Morgan fingerprint density at radius 1 is 1.38 bits per heavy atom. The first kappa shape index (κ1) is 16.2. The molecule has 3 heterocycles. The quantitative estimate of drug-likeness (QED) is 0.616. The molecule has 0 aliphatic rings. The van der Waals surface area contributed by atoms with Crippen molar-refractivity contribution in [2.24, 2.45) is 0 Å². The normalized spacial score (nSPS) is 10.8. The highest BCUT2D eigenvalue weighted by Gasteiger charge is 2.22. The Labute approximate surface area is 143 Å². The van der Waals surface area contributed by atoms with Crippen LogP contribution in [0.4, 0.5) is 5.13 Å². The molecule has 3 aromatic rings. The fraction of sp³-hybridized carbons (Fsp3) is 0.235. The SMILES string of the molecule is CCc1c(C(=O)Nc2nc(-c3ccc[nH]3)cs2)[nH]c(C)c1C(C)=O. The molecule has 0 saturated heterocycles. The number of nitrogens with one attached hydrogen (secondary N) is 3. The summed E-state index contributed by atoms with van der Waals surface area (Å²) in [5.74, 6) is -0.322. The van der Waals surface area contributed by atoms with Crippen LogP contribution in [0, 0.1) is 6.92 Å². The molecule has 3 N–H and O–H groups in total. The van der Waals surface area contributed by atoms with Crippen LogP contribution in [0.1, 0.15) is 46.0 Å². The topological polar surface area (TPSA) is 90.6 Å². The maximum Gasteiger partial charge on any atom is 0.274 e. The molecular weight excluding hydrogens is 324 g/mol. The second-order valence-corrected chi connectivity index (χ2v) is 6.32. The lowest BCUT2D eigenvalue weighted by molar-refractivity contribution is 0.101. The zero-order valence-electron chi connectivity index (χ0n) is 13.7. The van der Waals surface area contributed by atoms with Gasteiger partial charge >= 0.3 is 0 Å². The number of anilines is 1. The number of thiazole rings is 1. The Bertz CT molecular complexity index is 890. The molecule has 0 bridgehead atoms. The molecule has 6 nitrogen and oxygen atoms in total. The zero-order valence-corrected chi connectivity index (χ0v) is 14.5. The summed E-state index contributed by atoms with van der Waals surface area (Å²) >= 11 is 1.36. The Balaban J connectivity index is 1.86. The summed E-state index contributed by atoms with van der Waals surface area (Å²) in [6.45, 7) is 5.25. The fourth-order valence-electron chi connectivity index (χ4n) is 2.80. The predicted octanol–water partition coefficient (Wildman–Crippen LogP) is 3.79.